The van der Waals surface area contributed by atoms with Crippen LogP contribution in [0.15, 0.2) is 0 Å². The number of ketones is 1. The van der Waals surface area contributed by atoms with Crippen molar-refractivity contribution in [1.82, 2.24) is 4.90 Å². The molecule has 0 aromatic heterocycles. The van der Waals surface area contributed by atoms with Crippen LogP contribution in [0.2, 0.25) is 0 Å². The van der Waals surface area contributed by atoms with Crippen molar-refractivity contribution in [2.24, 2.45) is 11.3 Å². The van der Waals surface area contributed by atoms with Gasteiger partial charge >= 0.3 is 0 Å². The van der Waals surface area contributed by atoms with Gasteiger partial charge < -0.3 is 0 Å². The molecule has 1 fully saturated rings. The molecule has 0 radical (unpaired) electrons. The van der Waals surface area contributed by atoms with Gasteiger partial charge in [0.2, 0.25) is 0 Å². The van der Waals surface area contributed by atoms with E-state index in [0.29, 0.717) is 18.2 Å². The smallest absolute Gasteiger partial charge is 0.149 e. The fourth-order valence-corrected chi connectivity index (χ4v) is 2.51. The monoisotopic (exact) mass is 211 g/mol. The van der Waals surface area contributed by atoms with E-state index in [9.17, 15) is 4.79 Å². The molecule has 0 N–H and O–H groups in total. The van der Waals surface area contributed by atoms with E-state index >= 15 is 0 Å². The van der Waals surface area contributed by atoms with Crippen LogP contribution in [0, 0.1) is 11.3 Å². The zero-order chi connectivity index (χ0) is 11.5. The highest BCUT2D eigenvalue weighted by Crippen LogP contribution is 2.25. The third-order valence-electron chi connectivity index (χ3n) is 2.98. The number of carbonyl (C=O) groups is 1. The van der Waals surface area contributed by atoms with E-state index < -0.39 is 0 Å². The Labute approximate surface area is 94.0 Å². The van der Waals surface area contributed by atoms with Crippen LogP contribution in [0.4, 0.5) is 0 Å². The normalized spacial score (nSPS) is 18.7. The van der Waals surface area contributed by atoms with Crippen LogP contribution in [-0.4, -0.2) is 30.8 Å². The predicted octanol–water partition coefficient (Wildman–Crippen LogP) is 2.72. The molecule has 0 amide bonds. The van der Waals surface area contributed by atoms with Crippen LogP contribution in [0.5, 0.6) is 0 Å². The maximum atomic E-state index is 11.9. The minimum atomic E-state index is 0.282. The second kappa shape index (κ2) is 5.11. The summed E-state index contributed by atoms with van der Waals surface area (Å²) in [6, 6.07) is 0. The first-order valence-corrected chi connectivity index (χ1v) is 6.10. The molecular formula is C13H25NO. The quantitative estimate of drug-likeness (QED) is 0.712. The van der Waals surface area contributed by atoms with E-state index in [-0.39, 0.29) is 5.41 Å². The third-order valence-corrected chi connectivity index (χ3v) is 2.98. The first-order valence-electron chi connectivity index (χ1n) is 6.10. The number of likely N-dealkylation sites (N-methyl/N-ethyl adjacent to an activating group) is 1. The van der Waals surface area contributed by atoms with Gasteiger partial charge in [-0.3, -0.25) is 9.69 Å². The van der Waals surface area contributed by atoms with Crippen molar-refractivity contribution in [1.29, 1.82) is 0 Å². The maximum absolute atomic E-state index is 11.9. The summed E-state index contributed by atoms with van der Waals surface area (Å²) in [5, 5.41) is 0. The van der Waals surface area contributed by atoms with Gasteiger partial charge in [-0.2, -0.15) is 0 Å². The van der Waals surface area contributed by atoms with Gasteiger partial charge in [0.15, 0.2) is 0 Å². The van der Waals surface area contributed by atoms with Crippen molar-refractivity contribution in [3.63, 3.8) is 0 Å². The van der Waals surface area contributed by atoms with Crippen LogP contribution >= 0.6 is 0 Å². The summed E-state index contributed by atoms with van der Waals surface area (Å²) < 4.78 is 0. The van der Waals surface area contributed by atoms with Crippen molar-refractivity contribution < 1.29 is 4.79 Å². The molecule has 15 heavy (non-hydrogen) atoms. The summed E-state index contributed by atoms with van der Waals surface area (Å²) in [4.78, 5) is 14.1. The number of rotatable bonds is 4. The van der Waals surface area contributed by atoms with Crippen LogP contribution in [-0.2, 0) is 4.79 Å². The number of Topliss-reactive ketones (excluding diaryl/α,β-unsaturated/α-hetero) is 1. The molecule has 0 heterocycles. The number of nitrogens with zero attached hydrogens (tertiary/aromatic N) is 1. The lowest BCUT2D eigenvalue weighted by Crippen LogP contribution is -2.35. The van der Waals surface area contributed by atoms with Crippen LogP contribution in [0.3, 0.4) is 0 Å². The first-order chi connectivity index (χ1) is 6.88. The Morgan fingerprint density at radius 2 is 1.80 bits per heavy atom. The lowest BCUT2D eigenvalue weighted by Gasteiger charge is -2.26. The fraction of sp³-hybridized carbons (Fsp3) is 0.923. The Morgan fingerprint density at radius 3 is 2.27 bits per heavy atom. The van der Waals surface area contributed by atoms with Crippen molar-refractivity contribution in [2.45, 2.75) is 46.5 Å². The molecule has 0 bridgehead atoms. The Kier molecular flexibility index (Phi) is 4.32. The van der Waals surface area contributed by atoms with E-state index in [0.717, 1.165) is 19.4 Å². The number of carbonyl (C=O) groups excluding carboxylic acids is 1. The van der Waals surface area contributed by atoms with Crippen molar-refractivity contribution in [2.75, 3.05) is 20.1 Å². The number of hydrogen-bond acceptors (Lipinski definition) is 2. The molecule has 0 unspecified atom stereocenters. The highest BCUT2D eigenvalue weighted by atomic mass is 16.1. The van der Waals surface area contributed by atoms with Crippen LogP contribution in [0.1, 0.15) is 46.5 Å². The lowest BCUT2D eigenvalue weighted by atomic mass is 9.95. The summed E-state index contributed by atoms with van der Waals surface area (Å²) >= 11 is 0. The molecule has 1 aliphatic carbocycles. The Hall–Kier alpha value is -0.370. The summed E-state index contributed by atoms with van der Waals surface area (Å²) in [5.74, 6) is 0.826. The summed E-state index contributed by atoms with van der Waals surface area (Å²) in [7, 11) is 2.05. The summed E-state index contributed by atoms with van der Waals surface area (Å²) in [6.45, 7) is 8.27. The van der Waals surface area contributed by atoms with Gasteiger partial charge in [0.05, 0.1) is 6.54 Å². The minimum Gasteiger partial charge on any atom is -0.299 e. The largest absolute Gasteiger partial charge is 0.299 e. The van der Waals surface area contributed by atoms with Gasteiger partial charge in [-0.25, -0.2) is 0 Å². The minimum absolute atomic E-state index is 0.282. The van der Waals surface area contributed by atoms with Crippen LogP contribution < -0.4 is 0 Å². The highest BCUT2D eigenvalue weighted by molar-refractivity contribution is 5.83. The van der Waals surface area contributed by atoms with Gasteiger partial charge in [0, 0.05) is 12.5 Å². The molecule has 2 heteroatoms. The molecule has 2 nitrogen and oxygen atoms in total. The molecule has 1 saturated carbocycles. The van der Waals surface area contributed by atoms with E-state index in [4.69, 9.17) is 0 Å². The first kappa shape index (κ1) is 12.7. The summed E-state index contributed by atoms with van der Waals surface area (Å²) in [5.41, 5.74) is 0.282. The Bertz CT molecular complexity index is 211. The van der Waals surface area contributed by atoms with E-state index in [1.54, 1.807) is 0 Å². The van der Waals surface area contributed by atoms with Gasteiger partial charge in [0.1, 0.15) is 5.78 Å². The fourth-order valence-electron chi connectivity index (χ4n) is 2.51. The lowest BCUT2D eigenvalue weighted by molar-refractivity contribution is -0.123. The summed E-state index contributed by atoms with van der Waals surface area (Å²) in [6.07, 6.45) is 4.75. The second-order valence-electron chi connectivity index (χ2n) is 6.18. The molecule has 0 aromatic carbocycles. The molecule has 0 spiro atoms. The Balaban J connectivity index is 2.30. The number of hydrogen-bond donors (Lipinski definition) is 0. The topological polar surface area (TPSA) is 20.3 Å². The van der Waals surface area contributed by atoms with Crippen LogP contribution in [0.25, 0.3) is 0 Å². The van der Waals surface area contributed by atoms with Crippen molar-refractivity contribution in [3.8, 4) is 0 Å². The van der Waals surface area contributed by atoms with E-state index in [1.807, 2.05) is 0 Å². The van der Waals surface area contributed by atoms with Crippen molar-refractivity contribution in [3.05, 3.63) is 0 Å². The van der Waals surface area contributed by atoms with Gasteiger partial charge in [-0.1, -0.05) is 33.6 Å². The van der Waals surface area contributed by atoms with Gasteiger partial charge in [-0.15, -0.1) is 0 Å². The average Bonchev–Trinajstić information content (AvgIpc) is 2.50. The average molecular weight is 211 g/mol. The molecule has 0 aromatic rings. The molecular weight excluding hydrogens is 186 g/mol. The molecule has 88 valence electrons. The molecule has 0 saturated heterocycles. The Morgan fingerprint density at radius 1 is 1.27 bits per heavy atom. The van der Waals surface area contributed by atoms with E-state index in [2.05, 4.69) is 32.7 Å². The SMILES string of the molecule is CN(CC(=O)C1CCCC1)CC(C)(C)C. The maximum Gasteiger partial charge on any atom is 0.149 e. The second-order valence-corrected chi connectivity index (χ2v) is 6.18. The molecule has 0 aliphatic heterocycles. The zero-order valence-corrected chi connectivity index (χ0v) is 10.7. The highest BCUT2D eigenvalue weighted by Gasteiger charge is 2.24. The van der Waals surface area contributed by atoms with Gasteiger partial charge in [0.25, 0.3) is 0 Å². The standard InChI is InChI=1S/C13H25NO/c1-13(2,3)10-14(4)9-12(15)11-7-5-6-8-11/h11H,5-10H2,1-4H3. The molecule has 1 rings (SSSR count). The van der Waals surface area contributed by atoms with E-state index in [1.165, 1.54) is 12.8 Å². The third kappa shape index (κ3) is 4.78. The van der Waals surface area contributed by atoms with Gasteiger partial charge in [-0.05, 0) is 25.3 Å². The van der Waals surface area contributed by atoms with Crippen molar-refractivity contribution >= 4 is 5.78 Å². The molecule has 0 atom stereocenters. The molecule has 1 aliphatic rings. The zero-order valence-electron chi connectivity index (χ0n) is 10.7. The predicted molar refractivity (Wildman–Crippen MR) is 63.9 cm³/mol.